The molecule has 0 saturated heterocycles. The Bertz CT molecular complexity index is 440. The molecule has 1 nitrogen and oxygen atoms in total. The topological polar surface area (TPSA) is 20.2 Å². The Morgan fingerprint density at radius 1 is 0.562 bits per heavy atom. The summed E-state index contributed by atoms with van der Waals surface area (Å²) < 4.78 is 0. The van der Waals surface area contributed by atoms with Gasteiger partial charge < -0.3 is 5.11 Å². The third-order valence-corrected chi connectivity index (χ3v) is 8.46. The lowest BCUT2D eigenvalue weighted by Crippen LogP contribution is -2.39. The van der Waals surface area contributed by atoms with Crippen LogP contribution >= 0.6 is 0 Å². The first-order valence-electron chi connectivity index (χ1n) is 14.8. The van der Waals surface area contributed by atoms with E-state index in [-0.39, 0.29) is 6.10 Å². The van der Waals surface area contributed by atoms with E-state index >= 15 is 0 Å². The van der Waals surface area contributed by atoms with E-state index in [0.717, 1.165) is 47.8 Å². The lowest BCUT2D eigenvalue weighted by molar-refractivity contribution is -0.0173. The minimum absolute atomic E-state index is 0.0490. The second-order valence-electron chi connectivity index (χ2n) is 13.2. The van der Waals surface area contributed by atoms with Crippen LogP contribution in [0.1, 0.15) is 145 Å². The molecule has 0 aromatic rings. The predicted molar refractivity (Wildman–Crippen MR) is 144 cm³/mol. The van der Waals surface area contributed by atoms with Gasteiger partial charge in [0.1, 0.15) is 0 Å². The fraction of sp³-hybridized carbons (Fsp3) is 1.00. The third-order valence-electron chi connectivity index (χ3n) is 8.46. The van der Waals surface area contributed by atoms with Gasteiger partial charge in [0.25, 0.3) is 0 Å². The molecule has 6 atom stereocenters. The van der Waals surface area contributed by atoms with Crippen LogP contribution in [0.25, 0.3) is 0 Å². The fourth-order valence-electron chi connectivity index (χ4n) is 6.32. The number of hydrogen-bond acceptors (Lipinski definition) is 1. The second-order valence-corrected chi connectivity index (χ2v) is 13.2. The van der Waals surface area contributed by atoms with Gasteiger partial charge in [-0.25, -0.2) is 0 Å². The van der Waals surface area contributed by atoms with Crippen molar-refractivity contribution in [2.24, 2.45) is 47.3 Å². The van der Waals surface area contributed by atoms with Crippen LogP contribution in [0.4, 0.5) is 0 Å². The van der Waals surface area contributed by atoms with E-state index in [1.165, 1.54) is 83.5 Å². The van der Waals surface area contributed by atoms with Gasteiger partial charge in [-0.05, 0) is 73.0 Å². The first-order valence-corrected chi connectivity index (χ1v) is 14.8. The summed E-state index contributed by atoms with van der Waals surface area (Å²) in [6.45, 7) is 19.1. The summed E-state index contributed by atoms with van der Waals surface area (Å²) in [7, 11) is 0. The smallest absolute Gasteiger partial charge is 0.0571 e. The van der Waals surface area contributed by atoms with Gasteiger partial charge in [0.15, 0.2) is 0 Å². The molecule has 1 aliphatic carbocycles. The third kappa shape index (κ3) is 13.0. The standard InChI is InChI=1S/C31H62O/c1-23(2)12-9-15-26(7)18-20-29-30(22-27(8)16-10-13-24(3)4)28(19-21-31(29)32)17-11-14-25(5)6/h23-32H,9-22H2,1-8H3. The molecule has 0 heterocycles. The molecule has 1 aliphatic rings. The van der Waals surface area contributed by atoms with Gasteiger partial charge in [0.05, 0.1) is 6.10 Å². The van der Waals surface area contributed by atoms with Gasteiger partial charge in [0.2, 0.25) is 0 Å². The van der Waals surface area contributed by atoms with E-state index in [1.807, 2.05) is 0 Å². The second kappa shape index (κ2) is 16.6. The molecule has 1 N–H and O–H groups in total. The molecule has 1 heteroatoms. The van der Waals surface area contributed by atoms with Crippen molar-refractivity contribution in [1.82, 2.24) is 0 Å². The molecule has 0 amide bonds. The number of aliphatic hydroxyl groups is 1. The average Bonchev–Trinajstić information content (AvgIpc) is 2.68. The maximum Gasteiger partial charge on any atom is 0.0571 e. The summed E-state index contributed by atoms with van der Waals surface area (Å²) in [6, 6.07) is 0. The van der Waals surface area contributed by atoms with Gasteiger partial charge in [-0.1, -0.05) is 120 Å². The van der Waals surface area contributed by atoms with Crippen LogP contribution in [0.15, 0.2) is 0 Å². The van der Waals surface area contributed by atoms with E-state index in [9.17, 15) is 5.11 Å². The molecule has 0 radical (unpaired) electrons. The van der Waals surface area contributed by atoms with Crippen molar-refractivity contribution in [1.29, 1.82) is 0 Å². The highest BCUT2D eigenvalue weighted by molar-refractivity contribution is 4.88. The Labute approximate surface area is 203 Å². The largest absolute Gasteiger partial charge is 0.393 e. The van der Waals surface area contributed by atoms with Gasteiger partial charge in [-0.3, -0.25) is 0 Å². The zero-order chi connectivity index (χ0) is 24.1. The molecular formula is C31H62O. The van der Waals surface area contributed by atoms with Crippen molar-refractivity contribution >= 4 is 0 Å². The zero-order valence-electron chi connectivity index (χ0n) is 23.5. The van der Waals surface area contributed by atoms with E-state index < -0.39 is 0 Å². The molecule has 1 fully saturated rings. The summed E-state index contributed by atoms with van der Waals surface area (Å²) >= 11 is 0. The van der Waals surface area contributed by atoms with Crippen LogP contribution in [0, 0.1) is 47.3 Å². The molecule has 1 saturated carbocycles. The Morgan fingerprint density at radius 3 is 1.66 bits per heavy atom. The van der Waals surface area contributed by atoms with E-state index in [0.29, 0.717) is 5.92 Å². The van der Waals surface area contributed by atoms with Crippen LogP contribution in [-0.4, -0.2) is 11.2 Å². The van der Waals surface area contributed by atoms with Crippen LogP contribution in [-0.2, 0) is 0 Å². The number of hydrogen-bond donors (Lipinski definition) is 1. The molecule has 1 rings (SSSR count). The summed E-state index contributed by atoms with van der Waals surface area (Å²) in [5.41, 5.74) is 0. The normalized spacial score (nSPS) is 26.2. The first kappa shape index (κ1) is 30.0. The molecule has 0 aromatic heterocycles. The highest BCUT2D eigenvalue weighted by atomic mass is 16.3. The first-order chi connectivity index (χ1) is 15.1. The molecule has 32 heavy (non-hydrogen) atoms. The molecule has 6 unspecified atom stereocenters. The SMILES string of the molecule is CC(C)CCCC(C)CCC1C(O)CCC(CCCC(C)C)C1CC(C)CCCC(C)C. The number of rotatable bonds is 17. The van der Waals surface area contributed by atoms with Crippen molar-refractivity contribution < 1.29 is 5.11 Å². The Hall–Kier alpha value is -0.0400. The average molecular weight is 451 g/mol. The lowest BCUT2D eigenvalue weighted by atomic mass is 9.64. The van der Waals surface area contributed by atoms with Gasteiger partial charge in [0, 0.05) is 0 Å². The van der Waals surface area contributed by atoms with E-state index in [4.69, 9.17) is 0 Å². The summed E-state index contributed by atoms with van der Waals surface area (Å²) in [6.07, 6.45) is 18.6. The van der Waals surface area contributed by atoms with Crippen molar-refractivity contribution in [2.45, 2.75) is 151 Å². The highest BCUT2D eigenvalue weighted by Crippen LogP contribution is 2.44. The maximum atomic E-state index is 11.1. The van der Waals surface area contributed by atoms with Crippen LogP contribution in [0.3, 0.4) is 0 Å². The molecule has 192 valence electrons. The Balaban J connectivity index is 2.71. The minimum atomic E-state index is -0.0490. The highest BCUT2D eigenvalue weighted by Gasteiger charge is 2.38. The maximum absolute atomic E-state index is 11.1. The van der Waals surface area contributed by atoms with Crippen LogP contribution in [0.5, 0.6) is 0 Å². The van der Waals surface area contributed by atoms with Crippen molar-refractivity contribution in [3.8, 4) is 0 Å². The lowest BCUT2D eigenvalue weighted by Gasteiger charge is -2.43. The summed E-state index contributed by atoms with van der Waals surface area (Å²) in [4.78, 5) is 0. The van der Waals surface area contributed by atoms with Crippen molar-refractivity contribution in [2.75, 3.05) is 0 Å². The van der Waals surface area contributed by atoms with Gasteiger partial charge in [-0.15, -0.1) is 0 Å². The van der Waals surface area contributed by atoms with Crippen LogP contribution in [0.2, 0.25) is 0 Å². The molecule has 0 spiro atoms. The molecular weight excluding hydrogens is 388 g/mol. The van der Waals surface area contributed by atoms with E-state index in [2.05, 4.69) is 55.4 Å². The van der Waals surface area contributed by atoms with Gasteiger partial charge >= 0.3 is 0 Å². The van der Waals surface area contributed by atoms with Crippen molar-refractivity contribution in [3.05, 3.63) is 0 Å². The molecule has 0 aliphatic heterocycles. The predicted octanol–water partition coefficient (Wildman–Crippen LogP) is 9.91. The zero-order valence-corrected chi connectivity index (χ0v) is 23.5. The monoisotopic (exact) mass is 450 g/mol. The van der Waals surface area contributed by atoms with E-state index in [1.54, 1.807) is 0 Å². The van der Waals surface area contributed by atoms with Gasteiger partial charge in [-0.2, -0.15) is 0 Å². The van der Waals surface area contributed by atoms with Crippen LogP contribution < -0.4 is 0 Å². The quantitative estimate of drug-likeness (QED) is 0.234. The Morgan fingerprint density at radius 2 is 1.09 bits per heavy atom. The fourth-order valence-corrected chi connectivity index (χ4v) is 6.32. The number of aliphatic hydroxyl groups excluding tert-OH is 1. The van der Waals surface area contributed by atoms with Crippen molar-refractivity contribution in [3.63, 3.8) is 0 Å². The molecule has 0 aromatic carbocycles. The minimum Gasteiger partial charge on any atom is -0.393 e. The molecule has 0 bridgehead atoms. The Kier molecular flexibility index (Phi) is 15.5. The summed E-state index contributed by atoms with van der Waals surface area (Å²) in [5, 5.41) is 11.1. The summed E-state index contributed by atoms with van der Waals surface area (Å²) in [5.74, 6) is 6.25.